The number of carbonyl (C=O) groups is 1. The molecule has 0 aliphatic carbocycles. The van der Waals surface area contributed by atoms with Crippen LogP contribution in [0.5, 0.6) is 5.75 Å². The van der Waals surface area contributed by atoms with E-state index in [1.165, 1.54) is 15.9 Å². The summed E-state index contributed by atoms with van der Waals surface area (Å²) in [6, 6.07) is 17.5. The standard InChI is InChI=1S/C30H22Br2Cl2N2O4S/c1-3-39-29(38)25-16(2)35-30-36(26(25)20-9-5-7-11-23(20)34)28(37)24(41-30)13-18-12-19(31)14-21(32)27(18)40-15-17-8-4-6-10-22(17)33/h4-14,26H,3,15H2,1-2H3/b24-13-/t26-/m1/s1. The maximum atomic E-state index is 14.0. The maximum Gasteiger partial charge on any atom is 0.338 e. The minimum atomic E-state index is -0.800. The van der Waals surface area contributed by atoms with E-state index in [0.717, 1.165) is 10.0 Å². The molecule has 41 heavy (non-hydrogen) atoms. The molecule has 1 aliphatic heterocycles. The fourth-order valence-corrected chi connectivity index (χ4v) is 7.37. The predicted molar refractivity (Wildman–Crippen MR) is 169 cm³/mol. The number of carbonyl (C=O) groups excluding carboxylic acids is 1. The van der Waals surface area contributed by atoms with Crippen LogP contribution in [0.2, 0.25) is 10.0 Å². The third-order valence-electron chi connectivity index (χ3n) is 6.37. The topological polar surface area (TPSA) is 69.9 Å². The molecule has 0 bridgehead atoms. The number of ether oxygens (including phenoxy) is 2. The number of hydrogen-bond donors (Lipinski definition) is 0. The van der Waals surface area contributed by atoms with Gasteiger partial charge in [0.1, 0.15) is 18.4 Å². The third-order valence-corrected chi connectivity index (χ3v) is 9.11. The van der Waals surface area contributed by atoms with Crippen LogP contribution in [0.25, 0.3) is 6.08 Å². The normalized spacial score (nSPS) is 15.0. The summed E-state index contributed by atoms with van der Waals surface area (Å²) in [7, 11) is 0. The predicted octanol–water partition coefficient (Wildman–Crippen LogP) is 7.21. The molecule has 0 saturated carbocycles. The largest absolute Gasteiger partial charge is 0.487 e. The van der Waals surface area contributed by atoms with Crippen LogP contribution < -0.4 is 19.6 Å². The van der Waals surface area contributed by atoms with Crippen molar-refractivity contribution in [1.29, 1.82) is 0 Å². The van der Waals surface area contributed by atoms with E-state index >= 15 is 0 Å². The lowest BCUT2D eigenvalue weighted by Crippen LogP contribution is -2.40. The zero-order valence-electron chi connectivity index (χ0n) is 21.8. The number of allylic oxidation sites excluding steroid dienone is 1. The Bertz CT molecular complexity index is 1880. The van der Waals surface area contributed by atoms with E-state index in [0.29, 0.717) is 46.4 Å². The van der Waals surface area contributed by atoms with Crippen molar-refractivity contribution in [2.75, 3.05) is 6.61 Å². The Labute approximate surface area is 266 Å². The number of halogens is 4. The van der Waals surface area contributed by atoms with E-state index < -0.39 is 12.0 Å². The van der Waals surface area contributed by atoms with Crippen molar-refractivity contribution in [1.82, 2.24) is 4.57 Å². The number of rotatable bonds is 7. The molecule has 0 N–H and O–H groups in total. The lowest BCUT2D eigenvalue weighted by molar-refractivity contribution is -0.139. The highest BCUT2D eigenvalue weighted by molar-refractivity contribution is 9.11. The molecule has 1 aromatic heterocycles. The number of thiazole rings is 1. The highest BCUT2D eigenvalue weighted by Gasteiger charge is 2.34. The first-order valence-corrected chi connectivity index (χ1v) is 15.6. The van der Waals surface area contributed by atoms with E-state index in [2.05, 4.69) is 36.9 Å². The smallest absolute Gasteiger partial charge is 0.338 e. The van der Waals surface area contributed by atoms with Crippen LogP contribution in [0.1, 0.15) is 36.6 Å². The van der Waals surface area contributed by atoms with Gasteiger partial charge in [-0.25, -0.2) is 9.79 Å². The summed E-state index contributed by atoms with van der Waals surface area (Å²) in [6.07, 6.45) is 1.76. The van der Waals surface area contributed by atoms with E-state index in [-0.39, 0.29) is 24.3 Å². The molecule has 5 rings (SSSR count). The minimum Gasteiger partial charge on any atom is -0.487 e. The summed E-state index contributed by atoms with van der Waals surface area (Å²) >= 11 is 21.3. The third kappa shape index (κ3) is 6.10. The molecular weight excluding hydrogens is 715 g/mol. The molecular formula is C30H22Br2Cl2N2O4S. The fourth-order valence-electron chi connectivity index (χ4n) is 4.53. The van der Waals surface area contributed by atoms with Crippen molar-refractivity contribution in [3.05, 3.63) is 127 Å². The second-order valence-corrected chi connectivity index (χ2v) is 12.6. The molecule has 0 saturated heterocycles. The number of esters is 1. The lowest BCUT2D eigenvalue weighted by atomic mass is 9.96. The van der Waals surface area contributed by atoms with Crippen LogP contribution in [0.15, 0.2) is 90.7 Å². The van der Waals surface area contributed by atoms with Crippen LogP contribution >= 0.6 is 66.4 Å². The van der Waals surface area contributed by atoms with Crippen LogP contribution in [-0.4, -0.2) is 17.1 Å². The second-order valence-electron chi connectivity index (χ2n) is 9.01. The molecule has 1 atom stereocenters. The van der Waals surface area contributed by atoms with Crippen LogP contribution in [0, 0.1) is 0 Å². The molecule has 0 radical (unpaired) electrons. The van der Waals surface area contributed by atoms with Crippen molar-refractivity contribution in [2.45, 2.75) is 26.5 Å². The average molecular weight is 737 g/mol. The molecule has 6 nitrogen and oxygen atoms in total. The van der Waals surface area contributed by atoms with Gasteiger partial charge in [0.2, 0.25) is 0 Å². The number of nitrogens with zero attached hydrogens (tertiary/aromatic N) is 2. The number of benzene rings is 3. The Morgan fingerprint density at radius 3 is 2.51 bits per heavy atom. The quantitative estimate of drug-likeness (QED) is 0.188. The number of hydrogen-bond acceptors (Lipinski definition) is 6. The first-order chi connectivity index (χ1) is 19.7. The van der Waals surface area contributed by atoms with Gasteiger partial charge in [0.25, 0.3) is 5.56 Å². The van der Waals surface area contributed by atoms with Gasteiger partial charge in [0, 0.05) is 25.6 Å². The molecule has 0 amide bonds. The molecule has 210 valence electrons. The Kier molecular flexibility index (Phi) is 9.21. The molecule has 4 aromatic rings. The lowest BCUT2D eigenvalue weighted by Gasteiger charge is -2.25. The van der Waals surface area contributed by atoms with E-state index in [9.17, 15) is 9.59 Å². The Morgan fingerprint density at radius 2 is 1.80 bits per heavy atom. The van der Waals surface area contributed by atoms with E-state index in [1.807, 2.05) is 36.4 Å². The highest BCUT2D eigenvalue weighted by atomic mass is 79.9. The summed E-state index contributed by atoms with van der Waals surface area (Å²) < 4.78 is 15.0. The van der Waals surface area contributed by atoms with Crippen LogP contribution in [0.4, 0.5) is 0 Å². The van der Waals surface area contributed by atoms with E-state index in [4.69, 9.17) is 32.7 Å². The number of fused-ring (bicyclic) bond motifs is 1. The van der Waals surface area contributed by atoms with Gasteiger partial charge in [-0.1, -0.05) is 86.9 Å². The zero-order valence-corrected chi connectivity index (χ0v) is 27.3. The summed E-state index contributed by atoms with van der Waals surface area (Å²) in [5.41, 5.74) is 2.52. The molecule has 0 fully saturated rings. The molecule has 11 heteroatoms. The van der Waals surface area contributed by atoms with Crippen LogP contribution in [-0.2, 0) is 16.1 Å². The monoisotopic (exact) mass is 734 g/mol. The zero-order chi connectivity index (χ0) is 29.3. The van der Waals surface area contributed by atoms with Gasteiger partial charge in [-0.05, 0) is 65.7 Å². The minimum absolute atomic E-state index is 0.185. The SMILES string of the molecule is CCOC(=O)C1=C(C)N=c2s/c(=C\c3cc(Br)cc(Br)c3OCc3ccccc3Cl)c(=O)n2[C@@H]1c1ccccc1Cl. The van der Waals surface area contributed by atoms with Gasteiger partial charge in [0.15, 0.2) is 4.80 Å². The van der Waals surface area contributed by atoms with Crippen molar-refractivity contribution < 1.29 is 14.3 Å². The van der Waals surface area contributed by atoms with Crippen molar-refractivity contribution in [3.63, 3.8) is 0 Å². The first kappa shape index (κ1) is 29.8. The number of aromatic nitrogens is 1. The summed E-state index contributed by atoms with van der Waals surface area (Å²) in [5.74, 6) is 0.00383. The molecule has 1 aliphatic rings. The maximum absolute atomic E-state index is 14.0. The van der Waals surface area contributed by atoms with Gasteiger partial charge in [-0.15, -0.1) is 0 Å². The van der Waals surface area contributed by atoms with Gasteiger partial charge >= 0.3 is 5.97 Å². The summed E-state index contributed by atoms with van der Waals surface area (Å²) in [4.78, 5) is 32.2. The van der Waals surface area contributed by atoms with Gasteiger partial charge in [-0.2, -0.15) is 0 Å². The average Bonchev–Trinajstić information content (AvgIpc) is 3.22. The van der Waals surface area contributed by atoms with Crippen molar-refractivity contribution in [3.8, 4) is 5.75 Å². The van der Waals surface area contributed by atoms with Crippen LogP contribution in [0.3, 0.4) is 0 Å². The van der Waals surface area contributed by atoms with Crippen molar-refractivity contribution >= 4 is 78.4 Å². The second kappa shape index (κ2) is 12.7. The summed E-state index contributed by atoms with van der Waals surface area (Å²) in [6.45, 7) is 3.88. The Hall–Kier alpha value is -2.69. The fraction of sp³-hybridized carbons (Fsp3) is 0.167. The molecule has 0 unspecified atom stereocenters. The van der Waals surface area contributed by atoms with Gasteiger partial charge < -0.3 is 9.47 Å². The molecule has 2 heterocycles. The van der Waals surface area contributed by atoms with Crippen molar-refractivity contribution in [2.24, 2.45) is 4.99 Å². The highest BCUT2D eigenvalue weighted by Crippen LogP contribution is 2.36. The Morgan fingerprint density at radius 1 is 1.10 bits per heavy atom. The van der Waals surface area contributed by atoms with E-state index in [1.54, 1.807) is 44.2 Å². The van der Waals surface area contributed by atoms with Gasteiger partial charge in [-0.3, -0.25) is 9.36 Å². The van der Waals surface area contributed by atoms with Gasteiger partial charge in [0.05, 0.1) is 26.9 Å². The molecule has 0 spiro atoms. The summed E-state index contributed by atoms with van der Waals surface area (Å²) in [5, 5.41) is 1.03. The first-order valence-electron chi connectivity index (χ1n) is 12.5. The molecule has 3 aromatic carbocycles. The Balaban J connectivity index is 1.67.